The second-order valence-electron chi connectivity index (χ2n) is 5.42. The quantitative estimate of drug-likeness (QED) is 0.737. The summed E-state index contributed by atoms with van der Waals surface area (Å²) in [5.74, 6) is 0. The lowest BCUT2D eigenvalue weighted by molar-refractivity contribution is 0.190. The predicted molar refractivity (Wildman–Crippen MR) is 75.7 cm³/mol. The molecule has 2 aliphatic rings. The van der Waals surface area contributed by atoms with Gasteiger partial charge in [-0.1, -0.05) is 6.07 Å². The van der Waals surface area contributed by atoms with Crippen LogP contribution in [0.15, 0.2) is 24.4 Å². The summed E-state index contributed by atoms with van der Waals surface area (Å²) in [4.78, 5) is 18.5. The number of pyridine rings is 1. The van der Waals surface area contributed by atoms with Gasteiger partial charge in [0, 0.05) is 31.4 Å². The lowest BCUT2D eigenvalue weighted by atomic mass is 10.2. The minimum atomic E-state index is 0.0202. The largest absolute Gasteiger partial charge is 0.336 e. The first-order valence-corrected chi connectivity index (χ1v) is 7.25. The van der Waals surface area contributed by atoms with Gasteiger partial charge in [0.05, 0.1) is 12.2 Å². The zero-order valence-corrected chi connectivity index (χ0v) is 11.5. The standard InChI is InChI=1S/C14H21N5O/c20-14(16-9-11-6-8-17-18-11)19(13-4-5-13)10-12-3-1-2-7-15-12/h1-3,7,11,13,17-18H,4-6,8-10H2,(H,16,20). The molecule has 1 aliphatic heterocycles. The first-order chi connectivity index (χ1) is 9.83. The third-order valence-electron chi connectivity index (χ3n) is 3.73. The van der Waals surface area contributed by atoms with Crippen LogP contribution in [0.2, 0.25) is 0 Å². The second kappa shape index (κ2) is 6.19. The number of carbonyl (C=O) groups excluding carboxylic acids is 1. The smallest absolute Gasteiger partial charge is 0.318 e. The maximum atomic E-state index is 12.3. The number of carbonyl (C=O) groups is 1. The number of aromatic nitrogens is 1. The zero-order valence-electron chi connectivity index (χ0n) is 11.5. The van der Waals surface area contributed by atoms with Gasteiger partial charge in [0.2, 0.25) is 0 Å². The van der Waals surface area contributed by atoms with E-state index in [9.17, 15) is 4.79 Å². The van der Waals surface area contributed by atoms with Crippen LogP contribution in [0.5, 0.6) is 0 Å². The molecule has 6 heteroatoms. The van der Waals surface area contributed by atoms with E-state index >= 15 is 0 Å². The van der Waals surface area contributed by atoms with Crippen LogP contribution in [0.3, 0.4) is 0 Å². The average molecular weight is 275 g/mol. The zero-order chi connectivity index (χ0) is 13.8. The molecule has 1 saturated carbocycles. The van der Waals surface area contributed by atoms with Gasteiger partial charge in [-0.05, 0) is 31.4 Å². The number of hydrogen-bond acceptors (Lipinski definition) is 4. The van der Waals surface area contributed by atoms with E-state index in [1.807, 2.05) is 23.1 Å². The molecule has 2 heterocycles. The second-order valence-corrected chi connectivity index (χ2v) is 5.42. The molecule has 6 nitrogen and oxygen atoms in total. The highest BCUT2D eigenvalue weighted by Crippen LogP contribution is 2.28. The van der Waals surface area contributed by atoms with Crippen LogP contribution in [-0.2, 0) is 6.54 Å². The highest BCUT2D eigenvalue weighted by Gasteiger charge is 2.33. The van der Waals surface area contributed by atoms with Crippen molar-refractivity contribution in [3.05, 3.63) is 30.1 Å². The van der Waals surface area contributed by atoms with Gasteiger partial charge in [-0.15, -0.1) is 0 Å². The van der Waals surface area contributed by atoms with Crippen molar-refractivity contribution < 1.29 is 4.79 Å². The van der Waals surface area contributed by atoms with E-state index in [0.717, 1.165) is 31.5 Å². The molecule has 1 aliphatic carbocycles. The van der Waals surface area contributed by atoms with Gasteiger partial charge in [0.1, 0.15) is 0 Å². The maximum Gasteiger partial charge on any atom is 0.318 e. The molecule has 1 saturated heterocycles. The van der Waals surface area contributed by atoms with E-state index < -0.39 is 0 Å². The third-order valence-corrected chi connectivity index (χ3v) is 3.73. The van der Waals surface area contributed by atoms with Crippen molar-refractivity contribution in [2.75, 3.05) is 13.1 Å². The molecular weight excluding hydrogens is 254 g/mol. The average Bonchev–Trinajstić information content (AvgIpc) is 3.19. The van der Waals surface area contributed by atoms with Crippen molar-refractivity contribution in [3.8, 4) is 0 Å². The van der Waals surface area contributed by atoms with Crippen LogP contribution in [0, 0.1) is 0 Å². The van der Waals surface area contributed by atoms with Crippen molar-refractivity contribution in [1.82, 2.24) is 26.1 Å². The van der Waals surface area contributed by atoms with E-state index in [4.69, 9.17) is 0 Å². The molecular formula is C14H21N5O. The normalized spacial score (nSPS) is 21.7. The van der Waals surface area contributed by atoms with Gasteiger partial charge < -0.3 is 10.2 Å². The van der Waals surface area contributed by atoms with Crippen molar-refractivity contribution in [1.29, 1.82) is 0 Å². The predicted octanol–water partition coefficient (Wildman–Crippen LogP) is 0.622. The molecule has 2 amide bonds. The molecule has 3 N–H and O–H groups in total. The molecule has 1 aromatic rings. The van der Waals surface area contributed by atoms with E-state index in [1.54, 1.807) is 6.20 Å². The number of urea groups is 1. The molecule has 0 radical (unpaired) electrons. The molecule has 3 rings (SSSR count). The van der Waals surface area contributed by atoms with Crippen LogP contribution in [-0.4, -0.2) is 41.1 Å². The monoisotopic (exact) mass is 275 g/mol. The summed E-state index contributed by atoms with van der Waals surface area (Å²) in [7, 11) is 0. The number of rotatable bonds is 5. The van der Waals surface area contributed by atoms with E-state index in [2.05, 4.69) is 21.2 Å². The summed E-state index contributed by atoms with van der Waals surface area (Å²) in [6.07, 6.45) is 5.02. The summed E-state index contributed by atoms with van der Waals surface area (Å²) >= 11 is 0. The van der Waals surface area contributed by atoms with Crippen LogP contribution < -0.4 is 16.2 Å². The minimum absolute atomic E-state index is 0.0202. The number of hydrazine groups is 1. The fourth-order valence-corrected chi connectivity index (χ4v) is 2.42. The molecule has 20 heavy (non-hydrogen) atoms. The van der Waals surface area contributed by atoms with Gasteiger partial charge in [-0.3, -0.25) is 15.8 Å². The van der Waals surface area contributed by atoms with Crippen molar-refractivity contribution in [2.45, 2.75) is 37.9 Å². The first kappa shape index (κ1) is 13.3. The summed E-state index contributed by atoms with van der Waals surface area (Å²) in [6, 6.07) is 6.54. The van der Waals surface area contributed by atoms with Crippen molar-refractivity contribution in [2.24, 2.45) is 0 Å². The Balaban J connectivity index is 1.54. The van der Waals surface area contributed by atoms with Gasteiger partial charge in [0.25, 0.3) is 0 Å². The number of nitrogens with one attached hydrogen (secondary N) is 3. The molecule has 0 spiro atoms. The Morgan fingerprint density at radius 3 is 2.95 bits per heavy atom. The Bertz CT molecular complexity index is 442. The van der Waals surface area contributed by atoms with Gasteiger partial charge in [0.15, 0.2) is 0 Å². The molecule has 0 bridgehead atoms. The highest BCUT2D eigenvalue weighted by atomic mass is 16.2. The Labute approximate surface area is 118 Å². The van der Waals surface area contributed by atoms with Crippen LogP contribution >= 0.6 is 0 Å². The van der Waals surface area contributed by atoms with Crippen molar-refractivity contribution in [3.63, 3.8) is 0 Å². The SMILES string of the molecule is O=C(NCC1CCNN1)N(Cc1ccccn1)C1CC1. The molecule has 1 atom stereocenters. The number of amides is 2. The van der Waals surface area contributed by atoms with Crippen LogP contribution in [0.25, 0.3) is 0 Å². The van der Waals surface area contributed by atoms with E-state index in [-0.39, 0.29) is 6.03 Å². The van der Waals surface area contributed by atoms with E-state index in [1.165, 1.54) is 0 Å². The first-order valence-electron chi connectivity index (χ1n) is 7.25. The number of nitrogens with zero attached hydrogens (tertiary/aromatic N) is 2. The Morgan fingerprint density at radius 1 is 1.40 bits per heavy atom. The fraction of sp³-hybridized carbons (Fsp3) is 0.571. The topological polar surface area (TPSA) is 69.3 Å². The summed E-state index contributed by atoms with van der Waals surface area (Å²) in [5, 5.41) is 3.02. The summed E-state index contributed by atoms with van der Waals surface area (Å²) in [6.45, 7) is 2.21. The molecule has 1 unspecified atom stereocenters. The van der Waals surface area contributed by atoms with Gasteiger partial charge in [-0.2, -0.15) is 0 Å². The van der Waals surface area contributed by atoms with Crippen LogP contribution in [0.1, 0.15) is 25.0 Å². The Kier molecular flexibility index (Phi) is 4.13. The molecule has 1 aromatic heterocycles. The molecule has 0 aromatic carbocycles. The maximum absolute atomic E-state index is 12.3. The number of hydrogen-bond donors (Lipinski definition) is 3. The Morgan fingerprint density at radius 2 is 2.30 bits per heavy atom. The molecule has 108 valence electrons. The Hall–Kier alpha value is -1.66. The third kappa shape index (κ3) is 3.46. The lowest BCUT2D eigenvalue weighted by Crippen LogP contribution is -2.46. The van der Waals surface area contributed by atoms with Crippen molar-refractivity contribution >= 4 is 6.03 Å². The molecule has 2 fully saturated rings. The van der Waals surface area contributed by atoms with Gasteiger partial charge >= 0.3 is 6.03 Å². The van der Waals surface area contributed by atoms with Gasteiger partial charge in [-0.25, -0.2) is 4.79 Å². The van der Waals surface area contributed by atoms with E-state index in [0.29, 0.717) is 25.2 Å². The highest BCUT2D eigenvalue weighted by molar-refractivity contribution is 5.74. The summed E-state index contributed by atoms with van der Waals surface area (Å²) in [5.41, 5.74) is 7.17. The fourth-order valence-electron chi connectivity index (χ4n) is 2.42. The van der Waals surface area contributed by atoms with Crippen LogP contribution in [0.4, 0.5) is 4.79 Å². The minimum Gasteiger partial charge on any atom is -0.336 e. The summed E-state index contributed by atoms with van der Waals surface area (Å²) < 4.78 is 0. The lowest BCUT2D eigenvalue weighted by Gasteiger charge is -2.23.